The molecule has 0 radical (unpaired) electrons. The molecule has 102 valence electrons. The van der Waals surface area contributed by atoms with E-state index in [1.165, 1.54) is 6.42 Å². The predicted molar refractivity (Wildman–Crippen MR) is 76.6 cm³/mol. The van der Waals surface area contributed by atoms with Crippen molar-refractivity contribution in [1.29, 1.82) is 0 Å². The van der Waals surface area contributed by atoms with Crippen LogP contribution in [-0.4, -0.2) is 17.1 Å². The Morgan fingerprint density at radius 2 is 2.11 bits per heavy atom. The number of urea groups is 1. The van der Waals surface area contributed by atoms with E-state index >= 15 is 0 Å². The van der Waals surface area contributed by atoms with Crippen molar-refractivity contribution in [3.05, 3.63) is 28.5 Å². The standard InChI is InChI=1S/C14H18BrN3O/c1-8(13-3-2-11(15)7-16-13)17-14(19)18-12-5-9-4-10(9)6-12/h2-3,7-10,12H,4-6H2,1H3,(H2,17,18,19). The van der Waals surface area contributed by atoms with Crippen LogP contribution in [-0.2, 0) is 0 Å². The molecule has 0 bridgehead atoms. The number of pyridine rings is 1. The number of nitrogens with zero attached hydrogens (tertiary/aromatic N) is 1. The minimum Gasteiger partial charge on any atom is -0.335 e. The number of carbonyl (C=O) groups excluding carboxylic acids is 1. The predicted octanol–water partition coefficient (Wildman–Crippen LogP) is 3.00. The molecule has 2 N–H and O–H groups in total. The molecule has 0 aromatic carbocycles. The van der Waals surface area contributed by atoms with Gasteiger partial charge in [-0.1, -0.05) is 0 Å². The molecule has 4 nitrogen and oxygen atoms in total. The summed E-state index contributed by atoms with van der Waals surface area (Å²) in [6.07, 6.45) is 5.43. The fourth-order valence-electron chi connectivity index (χ4n) is 2.97. The molecule has 3 rings (SSSR count). The van der Waals surface area contributed by atoms with Gasteiger partial charge >= 0.3 is 6.03 Å². The molecule has 3 unspecified atom stereocenters. The molecule has 0 saturated heterocycles. The maximum atomic E-state index is 11.9. The lowest BCUT2D eigenvalue weighted by Crippen LogP contribution is -2.42. The molecule has 2 saturated carbocycles. The second-order valence-corrected chi connectivity index (χ2v) is 6.58. The Balaban J connectivity index is 1.49. The quantitative estimate of drug-likeness (QED) is 0.898. The Morgan fingerprint density at radius 3 is 2.74 bits per heavy atom. The van der Waals surface area contributed by atoms with Crippen LogP contribution < -0.4 is 10.6 Å². The maximum absolute atomic E-state index is 11.9. The average molecular weight is 324 g/mol. The van der Waals surface area contributed by atoms with Gasteiger partial charge in [-0.15, -0.1) is 0 Å². The molecule has 2 amide bonds. The first kappa shape index (κ1) is 12.9. The van der Waals surface area contributed by atoms with Crippen LogP contribution in [0.2, 0.25) is 0 Å². The van der Waals surface area contributed by atoms with Gasteiger partial charge in [0.2, 0.25) is 0 Å². The lowest BCUT2D eigenvalue weighted by Gasteiger charge is -2.18. The number of hydrogen-bond acceptors (Lipinski definition) is 2. The van der Waals surface area contributed by atoms with Crippen LogP contribution in [0.15, 0.2) is 22.8 Å². The second-order valence-electron chi connectivity index (χ2n) is 5.66. The first-order valence-corrected chi connectivity index (χ1v) is 7.59. The van der Waals surface area contributed by atoms with E-state index < -0.39 is 0 Å². The third kappa shape index (κ3) is 3.08. The molecule has 0 aliphatic heterocycles. The normalized spacial score (nSPS) is 29.5. The highest BCUT2D eigenvalue weighted by Crippen LogP contribution is 2.51. The van der Waals surface area contributed by atoms with Gasteiger partial charge in [0.05, 0.1) is 11.7 Å². The van der Waals surface area contributed by atoms with Gasteiger partial charge in [-0.2, -0.15) is 0 Å². The number of rotatable bonds is 3. The first-order valence-electron chi connectivity index (χ1n) is 6.80. The highest BCUT2D eigenvalue weighted by Gasteiger charge is 2.46. The second kappa shape index (κ2) is 5.12. The summed E-state index contributed by atoms with van der Waals surface area (Å²) >= 11 is 3.35. The topological polar surface area (TPSA) is 54.0 Å². The van der Waals surface area contributed by atoms with Crippen LogP contribution in [0.25, 0.3) is 0 Å². The zero-order valence-electron chi connectivity index (χ0n) is 10.9. The van der Waals surface area contributed by atoms with E-state index in [1.54, 1.807) is 6.20 Å². The van der Waals surface area contributed by atoms with Crippen LogP contribution >= 0.6 is 15.9 Å². The molecule has 1 aromatic rings. The zero-order chi connectivity index (χ0) is 13.4. The van der Waals surface area contributed by atoms with Crippen LogP contribution in [0.1, 0.15) is 37.9 Å². The summed E-state index contributed by atoms with van der Waals surface area (Å²) in [6.45, 7) is 1.95. The van der Waals surface area contributed by atoms with Crippen molar-refractivity contribution in [3.8, 4) is 0 Å². The smallest absolute Gasteiger partial charge is 0.315 e. The van der Waals surface area contributed by atoms with Gasteiger partial charge in [0.15, 0.2) is 0 Å². The van der Waals surface area contributed by atoms with Crippen molar-refractivity contribution in [2.75, 3.05) is 0 Å². The van der Waals surface area contributed by atoms with Crippen molar-refractivity contribution in [1.82, 2.24) is 15.6 Å². The summed E-state index contributed by atoms with van der Waals surface area (Å²) in [5, 5.41) is 6.01. The monoisotopic (exact) mass is 323 g/mol. The molecule has 2 aliphatic carbocycles. The Morgan fingerprint density at radius 1 is 1.37 bits per heavy atom. The van der Waals surface area contributed by atoms with Crippen LogP contribution in [0, 0.1) is 11.8 Å². The Hall–Kier alpha value is -1.10. The van der Waals surface area contributed by atoms with Gasteiger partial charge < -0.3 is 10.6 Å². The van der Waals surface area contributed by atoms with Crippen molar-refractivity contribution in [2.24, 2.45) is 11.8 Å². The molecule has 2 aliphatic rings. The molecule has 2 fully saturated rings. The average Bonchev–Trinajstić information content (AvgIpc) is 2.97. The van der Waals surface area contributed by atoms with Gasteiger partial charge in [-0.05, 0) is 66.1 Å². The van der Waals surface area contributed by atoms with E-state index in [2.05, 4.69) is 31.5 Å². The maximum Gasteiger partial charge on any atom is 0.315 e. The number of fused-ring (bicyclic) bond motifs is 1. The minimum atomic E-state index is -0.0801. The van der Waals surface area contributed by atoms with Gasteiger partial charge in [-0.25, -0.2) is 4.79 Å². The number of hydrogen-bond donors (Lipinski definition) is 2. The molecule has 5 heteroatoms. The third-order valence-corrected chi connectivity index (χ3v) is 4.59. The Bertz CT molecular complexity index is 466. The molecular formula is C14H18BrN3O. The SMILES string of the molecule is CC(NC(=O)NC1CC2CC2C1)c1ccc(Br)cn1. The number of amides is 2. The summed E-state index contributed by atoms with van der Waals surface area (Å²) in [5.41, 5.74) is 0.868. The fraction of sp³-hybridized carbons (Fsp3) is 0.571. The number of carbonyl (C=O) groups is 1. The Kier molecular flexibility index (Phi) is 3.48. The highest BCUT2D eigenvalue weighted by molar-refractivity contribution is 9.10. The molecule has 1 aromatic heterocycles. The molecule has 3 atom stereocenters. The number of nitrogens with one attached hydrogen (secondary N) is 2. The lowest BCUT2D eigenvalue weighted by molar-refractivity contribution is 0.233. The van der Waals surface area contributed by atoms with Gasteiger partial charge in [0, 0.05) is 16.7 Å². The number of aromatic nitrogens is 1. The van der Waals surface area contributed by atoms with Crippen molar-refractivity contribution in [3.63, 3.8) is 0 Å². The molecule has 19 heavy (non-hydrogen) atoms. The van der Waals surface area contributed by atoms with E-state index in [1.807, 2.05) is 19.1 Å². The van der Waals surface area contributed by atoms with Gasteiger partial charge in [-0.3, -0.25) is 4.98 Å². The van der Waals surface area contributed by atoms with E-state index in [0.717, 1.165) is 34.8 Å². The lowest BCUT2D eigenvalue weighted by atomic mass is 10.1. The summed E-state index contributed by atoms with van der Waals surface area (Å²) in [5.74, 6) is 1.77. The van der Waals surface area contributed by atoms with Crippen molar-refractivity contribution < 1.29 is 4.79 Å². The fourth-order valence-corrected chi connectivity index (χ4v) is 3.21. The van der Waals surface area contributed by atoms with E-state index in [4.69, 9.17) is 0 Å². The van der Waals surface area contributed by atoms with Crippen LogP contribution in [0.4, 0.5) is 4.79 Å². The molecule has 0 spiro atoms. The zero-order valence-corrected chi connectivity index (χ0v) is 12.5. The van der Waals surface area contributed by atoms with Crippen molar-refractivity contribution >= 4 is 22.0 Å². The van der Waals surface area contributed by atoms with Crippen molar-refractivity contribution in [2.45, 2.75) is 38.3 Å². The summed E-state index contributed by atoms with van der Waals surface area (Å²) in [7, 11) is 0. The minimum absolute atomic E-state index is 0.0796. The van der Waals surface area contributed by atoms with Crippen LogP contribution in [0.5, 0.6) is 0 Å². The third-order valence-electron chi connectivity index (χ3n) is 4.12. The van der Waals surface area contributed by atoms with Gasteiger partial charge in [0.25, 0.3) is 0 Å². The summed E-state index contributed by atoms with van der Waals surface area (Å²) in [6, 6.07) is 4.06. The van der Waals surface area contributed by atoms with E-state index in [-0.39, 0.29) is 12.1 Å². The highest BCUT2D eigenvalue weighted by atomic mass is 79.9. The van der Waals surface area contributed by atoms with E-state index in [0.29, 0.717) is 6.04 Å². The van der Waals surface area contributed by atoms with Gasteiger partial charge in [0.1, 0.15) is 0 Å². The summed E-state index contributed by atoms with van der Waals surface area (Å²) < 4.78 is 0.943. The molecule has 1 heterocycles. The first-order chi connectivity index (χ1) is 9.11. The van der Waals surface area contributed by atoms with Crippen LogP contribution in [0.3, 0.4) is 0 Å². The summed E-state index contributed by atoms with van der Waals surface area (Å²) in [4.78, 5) is 16.2. The largest absolute Gasteiger partial charge is 0.335 e. The Labute approximate surface area is 121 Å². The number of halogens is 1. The molecular weight excluding hydrogens is 306 g/mol. The van der Waals surface area contributed by atoms with E-state index in [9.17, 15) is 4.79 Å².